The number of carbonyl (C=O) groups excluding carboxylic acids is 1. The molecule has 0 saturated carbocycles. The van der Waals surface area contributed by atoms with Crippen molar-refractivity contribution in [2.75, 3.05) is 29.5 Å². The predicted octanol–water partition coefficient (Wildman–Crippen LogP) is 2.24. The van der Waals surface area contributed by atoms with Crippen LogP contribution in [-0.2, 0) is 14.8 Å². The maximum atomic E-state index is 13.1. The molecule has 6 nitrogen and oxygen atoms in total. The SMILES string of the molecule is COc1cccc(N(CC(=O)Nc2cccc(F)c2)S(C)(=O)=O)c1. The summed E-state index contributed by atoms with van der Waals surface area (Å²) < 4.78 is 43.2. The Balaban J connectivity index is 2.21. The van der Waals surface area contributed by atoms with Gasteiger partial charge in [-0.25, -0.2) is 12.8 Å². The van der Waals surface area contributed by atoms with Crippen molar-refractivity contribution in [1.29, 1.82) is 0 Å². The molecule has 0 unspecified atom stereocenters. The Morgan fingerprint density at radius 3 is 2.54 bits per heavy atom. The number of halogens is 1. The average Bonchev–Trinajstić information content (AvgIpc) is 2.51. The maximum absolute atomic E-state index is 13.1. The molecule has 1 amide bonds. The standard InChI is InChI=1S/C16H17FN2O4S/c1-23-15-8-4-7-14(10-15)19(24(2,21)22)11-16(20)18-13-6-3-5-12(17)9-13/h3-10H,11H2,1-2H3,(H,18,20). The summed E-state index contributed by atoms with van der Waals surface area (Å²) in [6.45, 7) is -0.442. The van der Waals surface area contributed by atoms with Crippen LogP contribution in [-0.4, -0.2) is 34.2 Å². The van der Waals surface area contributed by atoms with Gasteiger partial charge in [-0.1, -0.05) is 12.1 Å². The number of rotatable bonds is 6. The molecule has 24 heavy (non-hydrogen) atoms. The minimum absolute atomic E-state index is 0.249. The van der Waals surface area contributed by atoms with Crippen molar-refractivity contribution in [3.05, 3.63) is 54.3 Å². The van der Waals surface area contributed by atoms with Crippen molar-refractivity contribution in [3.63, 3.8) is 0 Å². The van der Waals surface area contributed by atoms with Gasteiger partial charge in [0.15, 0.2) is 0 Å². The van der Waals surface area contributed by atoms with Crippen molar-refractivity contribution in [2.24, 2.45) is 0 Å². The van der Waals surface area contributed by atoms with Crippen LogP contribution in [0.5, 0.6) is 5.75 Å². The fourth-order valence-corrected chi connectivity index (χ4v) is 2.91. The Labute approximate surface area is 139 Å². The normalized spacial score (nSPS) is 11.0. The number of carbonyl (C=O) groups is 1. The van der Waals surface area contributed by atoms with E-state index in [-0.39, 0.29) is 5.69 Å². The van der Waals surface area contributed by atoms with Crippen LogP contribution in [0.3, 0.4) is 0 Å². The molecule has 2 aromatic rings. The Hall–Kier alpha value is -2.61. The van der Waals surface area contributed by atoms with Gasteiger partial charge < -0.3 is 10.1 Å². The van der Waals surface area contributed by atoms with Crippen molar-refractivity contribution in [1.82, 2.24) is 0 Å². The van der Waals surface area contributed by atoms with E-state index in [9.17, 15) is 17.6 Å². The van der Waals surface area contributed by atoms with Crippen molar-refractivity contribution in [2.45, 2.75) is 0 Å². The van der Waals surface area contributed by atoms with E-state index in [4.69, 9.17) is 4.74 Å². The summed E-state index contributed by atoms with van der Waals surface area (Å²) >= 11 is 0. The summed E-state index contributed by atoms with van der Waals surface area (Å²) in [4.78, 5) is 12.1. The highest BCUT2D eigenvalue weighted by Gasteiger charge is 2.21. The minimum Gasteiger partial charge on any atom is -0.497 e. The van der Waals surface area contributed by atoms with E-state index >= 15 is 0 Å². The molecule has 8 heteroatoms. The van der Waals surface area contributed by atoms with E-state index < -0.39 is 28.3 Å². The highest BCUT2D eigenvalue weighted by Crippen LogP contribution is 2.23. The van der Waals surface area contributed by atoms with Gasteiger partial charge in [-0.3, -0.25) is 9.10 Å². The summed E-state index contributed by atoms with van der Waals surface area (Å²) in [5.41, 5.74) is 0.547. The molecule has 128 valence electrons. The first-order valence-electron chi connectivity index (χ1n) is 6.97. The number of amides is 1. The molecule has 0 fully saturated rings. The van der Waals surface area contributed by atoms with Crippen LogP contribution in [0.4, 0.5) is 15.8 Å². The van der Waals surface area contributed by atoms with Crippen molar-refractivity contribution in [3.8, 4) is 5.75 Å². The second-order valence-corrected chi connectivity index (χ2v) is 6.94. The van der Waals surface area contributed by atoms with Crippen LogP contribution in [0.15, 0.2) is 48.5 Å². The van der Waals surface area contributed by atoms with Gasteiger partial charge in [0.25, 0.3) is 0 Å². The molecule has 0 atom stereocenters. The monoisotopic (exact) mass is 352 g/mol. The van der Waals surface area contributed by atoms with Gasteiger partial charge in [0.2, 0.25) is 15.9 Å². The maximum Gasteiger partial charge on any atom is 0.245 e. The Kier molecular flexibility index (Phi) is 5.40. The first-order valence-corrected chi connectivity index (χ1v) is 8.81. The van der Waals surface area contributed by atoms with Gasteiger partial charge in [-0.15, -0.1) is 0 Å². The van der Waals surface area contributed by atoms with Gasteiger partial charge in [0.1, 0.15) is 18.1 Å². The van der Waals surface area contributed by atoms with Crippen molar-refractivity contribution < 1.29 is 22.3 Å². The fourth-order valence-electron chi connectivity index (χ4n) is 2.06. The number of hydrogen-bond donors (Lipinski definition) is 1. The number of nitrogens with one attached hydrogen (secondary N) is 1. The molecule has 0 radical (unpaired) electrons. The molecule has 0 saturated heterocycles. The van der Waals surface area contributed by atoms with E-state index in [2.05, 4.69) is 5.32 Å². The summed E-state index contributed by atoms with van der Waals surface area (Å²) in [5, 5.41) is 2.47. The second kappa shape index (κ2) is 7.31. The fraction of sp³-hybridized carbons (Fsp3) is 0.188. The minimum atomic E-state index is -3.70. The van der Waals surface area contributed by atoms with Gasteiger partial charge in [0.05, 0.1) is 19.1 Å². The molecular formula is C16H17FN2O4S. The largest absolute Gasteiger partial charge is 0.497 e. The summed E-state index contributed by atoms with van der Waals surface area (Å²) in [5.74, 6) is -0.624. The summed E-state index contributed by atoms with van der Waals surface area (Å²) in [6, 6.07) is 11.7. The van der Waals surface area contributed by atoms with Crippen LogP contribution in [0, 0.1) is 5.82 Å². The molecular weight excluding hydrogens is 335 g/mol. The number of methoxy groups -OCH3 is 1. The molecule has 0 aliphatic heterocycles. The topological polar surface area (TPSA) is 75.7 Å². The van der Waals surface area contributed by atoms with E-state index in [0.717, 1.165) is 16.6 Å². The van der Waals surface area contributed by atoms with Crippen LogP contribution >= 0.6 is 0 Å². The third kappa shape index (κ3) is 4.69. The third-order valence-corrected chi connectivity index (χ3v) is 4.28. The lowest BCUT2D eigenvalue weighted by Gasteiger charge is -2.22. The molecule has 0 bridgehead atoms. The lowest BCUT2D eigenvalue weighted by molar-refractivity contribution is -0.114. The molecule has 0 aliphatic carbocycles. The molecule has 1 N–H and O–H groups in total. The number of anilines is 2. The second-order valence-electron chi connectivity index (χ2n) is 5.03. The van der Waals surface area contributed by atoms with Gasteiger partial charge in [-0.05, 0) is 30.3 Å². The van der Waals surface area contributed by atoms with Gasteiger partial charge >= 0.3 is 0 Å². The first-order chi connectivity index (χ1) is 11.3. The molecule has 2 aromatic carbocycles. The molecule has 0 heterocycles. The molecule has 0 aromatic heterocycles. The van der Waals surface area contributed by atoms with E-state index in [1.54, 1.807) is 18.2 Å². The first kappa shape index (κ1) is 17.7. The van der Waals surface area contributed by atoms with E-state index in [0.29, 0.717) is 11.4 Å². The zero-order valence-electron chi connectivity index (χ0n) is 13.2. The Morgan fingerprint density at radius 1 is 1.21 bits per heavy atom. The van der Waals surface area contributed by atoms with Crippen molar-refractivity contribution >= 4 is 27.3 Å². The zero-order chi connectivity index (χ0) is 17.7. The summed E-state index contributed by atoms with van der Waals surface area (Å²) in [7, 11) is -2.24. The highest BCUT2D eigenvalue weighted by atomic mass is 32.2. The number of sulfonamides is 1. The average molecular weight is 352 g/mol. The van der Waals surface area contributed by atoms with E-state index in [1.165, 1.54) is 31.4 Å². The molecule has 2 rings (SSSR count). The number of benzene rings is 2. The van der Waals surface area contributed by atoms with Crippen LogP contribution in [0.1, 0.15) is 0 Å². The summed E-state index contributed by atoms with van der Waals surface area (Å²) in [6.07, 6.45) is 1.00. The number of nitrogens with zero attached hydrogens (tertiary/aromatic N) is 1. The van der Waals surface area contributed by atoms with Gasteiger partial charge in [-0.2, -0.15) is 0 Å². The number of ether oxygens (including phenoxy) is 1. The van der Waals surface area contributed by atoms with Crippen LogP contribution in [0.2, 0.25) is 0 Å². The highest BCUT2D eigenvalue weighted by molar-refractivity contribution is 7.92. The number of hydrogen-bond acceptors (Lipinski definition) is 4. The Morgan fingerprint density at radius 2 is 1.92 bits per heavy atom. The zero-order valence-corrected chi connectivity index (χ0v) is 14.0. The third-order valence-electron chi connectivity index (χ3n) is 3.14. The van der Waals surface area contributed by atoms with E-state index in [1.807, 2.05) is 0 Å². The van der Waals surface area contributed by atoms with Gasteiger partial charge in [0, 0.05) is 11.8 Å². The lowest BCUT2D eigenvalue weighted by atomic mass is 10.3. The van der Waals surface area contributed by atoms with Crippen LogP contribution in [0.25, 0.3) is 0 Å². The quantitative estimate of drug-likeness (QED) is 0.865. The molecule has 0 spiro atoms. The van der Waals surface area contributed by atoms with Crippen LogP contribution < -0.4 is 14.4 Å². The molecule has 0 aliphatic rings. The lowest BCUT2D eigenvalue weighted by Crippen LogP contribution is -2.37. The smallest absolute Gasteiger partial charge is 0.245 e. The Bertz CT molecular complexity index is 839. The predicted molar refractivity (Wildman–Crippen MR) is 90.2 cm³/mol.